The molecule has 0 fully saturated rings. The van der Waals surface area contributed by atoms with E-state index >= 15 is 0 Å². The smallest absolute Gasteiger partial charge is 0.287 e. The first kappa shape index (κ1) is 16.9. The summed E-state index contributed by atoms with van der Waals surface area (Å²) in [5, 5.41) is 9.91. The summed E-state index contributed by atoms with van der Waals surface area (Å²) in [4.78, 5) is 11.7. The molecule has 0 unspecified atom stereocenters. The molecule has 0 bridgehead atoms. The van der Waals surface area contributed by atoms with Crippen LogP contribution < -0.4 is 10.9 Å². The van der Waals surface area contributed by atoms with Gasteiger partial charge >= 0.3 is 0 Å². The Bertz CT molecular complexity index is 905. The third-order valence-electron chi connectivity index (χ3n) is 3.78. The predicted octanol–water partition coefficient (Wildman–Crippen LogP) is 3.93. The van der Waals surface area contributed by atoms with Gasteiger partial charge in [-0.3, -0.25) is 4.79 Å². The van der Waals surface area contributed by atoms with Crippen LogP contribution in [0.5, 0.6) is 0 Å². The minimum Gasteiger partial charge on any atom is -0.382 e. The number of aryl methyl sites for hydroxylation is 1. The zero-order valence-electron chi connectivity index (χ0n) is 13.3. The number of rotatable bonds is 6. The van der Waals surface area contributed by atoms with Gasteiger partial charge in [-0.2, -0.15) is 16.9 Å². The molecule has 24 heavy (non-hydrogen) atoms. The van der Waals surface area contributed by atoms with Crippen molar-refractivity contribution in [2.75, 3.05) is 17.6 Å². The number of nitrogens with one attached hydrogen (secondary N) is 1. The van der Waals surface area contributed by atoms with Crippen LogP contribution in [0, 0.1) is 0 Å². The highest BCUT2D eigenvalue weighted by Gasteiger charge is 2.06. The zero-order chi connectivity index (χ0) is 16.9. The highest BCUT2D eigenvalue weighted by Crippen LogP contribution is 2.23. The van der Waals surface area contributed by atoms with Crippen LogP contribution in [-0.2, 0) is 12.8 Å². The highest BCUT2D eigenvalue weighted by atomic mass is 35.5. The summed E-state index contributed by atoms with van der Waals surface area (Å²) in [6.45, 7) is 0.726. The third kappa shape index (κ3) is 3.74. The Kier molecular flexibility index (Phi) is 5.43. The van der Waals surface area contributed by atoms with Crippen molar-refractivity contribution in [3.05, 3.63) is 69.6 Å². The van der Waals surface area contributed by atoms with E-state index in [4.69, 9.17) is 11.6 Å². The average Bonchev–Trinajstić information content (AvgIpc) is 2.61. The van der Waals surface area contributed by atoms with Crippen LogP contribution in [0.4, 0.5) is 5.69 Å². The number of benzene rings is 2. The van der Waals surface area contributed by atoms with Crippen LogP contribution in [0.1, 0.15) is 5.56 Å². The summed E-state index contributed by atoms with van der Waals surface area (Å²) >= 11 is 7.87. The van der Waals surface area contributed by atoms with Gasteiger partial charge in [0.1, 0.15) is 5.02 Å². The lowest BCUT2D eigenvalue weighted by atomic mass is 10.1. The number of nitrogens with zero attached hydrogens (tertiary/aromatic N) is 2. The van der Waals surface area contributed by atoms with Gasteiger partial charge in [0.25, 0.3) is 5.56 Å². The van der Waals surface area contributed by atoms with E-state index in [1.165, 1.54) is 21.0 Å². The second kappa shape index (κ2) is 7.73. The van der Waals surface area contributed by atoms with Gasteiger partial charge in [-0.25, -0.2) is 4.68 Å². The Morgan fingerprint density at radius 1 is 1.21 bits per heavy atom. The molecular formula is C18H18ClN3OS. The predicted molar refractivity (Wildman–Crippen MR) is 103 cm³/mol. The molecular weight excluding hydrogens is 342 g/mol. The Labute approximate surface area is 149 Å². The molecule has 0 spiro atoms. The van der Waals surface area contributed by atoms with Gasteiger partial charge in [0.15, 0.2) is 0 Å². The van der Waals surface area contributed by atoms with Crippen LogP contribution in [0.2, 0.25) is 5.02 Å². The first-order chi connectivity index (χ1) is 11.7. The minimum atomic E-state index is -0.287. The van der Waals surface area contributed by atoms with Crippen LogP contribution in [0.3, 0.4) is 0 Å². The fourth-order valence-corrected chi connectivity index (χ4v) is 3.59. The molecule has 0 saturated carbocycles. The number of anilines is 1. The van der Waals surface area contributed by atoms with Gasteiger partial charge in [0.05, 0.1) is 11.9 Å². The van der Waals surface area contributed by atoms with E-state index in [0.29, 0.717) is 5.69 Å². The molecule has 2 aromatic carbocycles. The van der Waals surface area contributed by atoms with Gasteiger partial charge in [-0.05, 0) is 16.3 Å². The molecule has 0 saturated heterocycles. The summed E-state index contributed by atoms with van der Waals surface area (Å²) in [7, 11) is 1.58. The number of halogens is 1. The number of aromatic nitrogens is 2. The molecule has 0 aliphatic heterocycles. The highest BCUT2D eigenvalue weighted by molar-refractivity contribution is 7.98. The number of thioether (sulfide) groups is 1. The first-order valence-electron chi connectivity index (χ1n) is 7.67. The van der Waals surface area contributed by atoms with Crippen molar-refractivity contribution in [1.29, 1.82) is 0 Å². The fourth-order valence-electron chi connectivity index (χ4n) is 2.49. The molecule has 3 rings (SSSR count). The van der Waals surface area contributed by atoms with Crippen molar-refractivity contribution in [2.24, 2.45) is 7.05 Å². The molecule has 0 aliphatic rings. The van der Waals surface area contributed by atoms with Crippen molar-refractivity contribution in [1.82, 2.24) is 9.78 Å². The molecule has 0 aliphatic carbocycles. The van der Waals surface area contributed by atoms with Crippen molar-refractivity contribution in [3.8, 4) is 0 Å². The SMILES string of the molecule is Cn1ncc(NCCSCc2cccc3ccccc23)c(Cl)c1=O. The topological polar surface area (TPSA) is 46.9 Å². The Morgan fingerprint density at radius 2 is 2.00 bits per heavy atom. The lowest BCUT2D eigenvalue weighted by Crippen LogP contribution is -2.21. The minimum absolute atomic E-state index is 0.187. The standard InChI is InChI=1S/C18H18ClN3OS/c1-22-18(23)17(19)16(11-21-22)20-9-10-24-12-14-7-4-6-13-5-2-3-8-15(13)14/h2-8,11,20H,9-10,12H2,1H3. The Morgan fingerprint density at radius 3 is 2.88 bits per heavy atom. The first-order valence-corrected chi connectivity index (χ1v) is 9.20. The van der Waals surface area contributed by atoms with E-state index in [9.17, 15) is 4.79 Å². The molecule has 0 atom stereocenters. The van der Waals surface area contributed by atoms with E-state index in [1.807, 2.05) is 11.8 Å². The summed E-state index contributed by atoms with van der Waals surface area (Å²) < 4.78 is 1.22. The van der Waals surface area contributed by atoms with Crippen LogP contribution in [-0.4, -0.2) is 22.1 Å². The summed E-state index contributed by atoms with van der Waals surface area (Å²) in [5.41, 5.74) is 1.64. The van der Waals surface area contributed by atoms with Crippen LogP contribution >= 0.6 is 23.4 Å². The van der Waals surface area contributed by atoms with Crippen molar-refractivity contribution in [2.45, 2.75) is 5.75 Å². The largest absolute Gasteiger partial charge is 0.382 e. The van der Waals surface area contributed by atoms with E-state index in [0.717, 1.165) is 18.1 Å². The van der Waals surface area contributed by atoms with E-state index < -0.39 is 0 Å². The molecule has 1 N–H and O–H groups in total. The maximum Gasteiger partial charge on any atom is 0.287 e. The molecule has 0 radical (unpaired) electrons. The molecule has 3 aromatic rings. The van der Waals surface area contributed by atoms with E-state index in [2.05, 4.69) is 52.9 Å². The van der Waals surface area contributed by atoms with Gasteiger partial charge in [-0.1, -0.05) is 54.1 Å². The lowest BCUT2D eigenvalue weighted by Gasteiger charge is -2.09. The molecule has 4 nitrogen and oxygen atoms in total. The summed E-state index contributed by atoms with van der Waals surface area (Å²) in [6, 6.07) is 14.8. The van der Waals surface area contributed by atoms with Crippen molar-refractivity contribution >= 4 is 39.8 Å². The molecule has 1 heterocycles. The quantitative estimate of drug-likeness (QED) is 0.677. The molecule has 124 valence electrons. The van der Waals surface area contributed by atoms with Crippen LogP contribution in [0.15, 0.2) is 53.5 Å². The van der Waals surface area contributed by atoms with Gasteiger partial charge in [-0.15, -0.1) is 0 Å². The maximum absolute atomic E-state index is 11.7. The van der Waals surface area contributed by atoms with E-state index in [1.54, 1.807) is 13.2 Å². The normalized spacial score (nSPS) is 10.9. The summed E-state index contributed by atoms with van der Waals surface area (Å²) in [6.07, 6.45) is 1.58. The third-order valence-corrected chi connectivity index (χ3v) is 5.15. The second-order valence-electron chi connectivity index (χ2n) is 5.42. The number of fused-ring (bicyclic) bond motifs is 1. The summed E-state index contributed by atoms with van der Waals surface area (Å²) in [5.74, 6) is 1.86. The zero-order valence-corrected chi connectivity index (χ0v) is 14.9. The van der Waals surface area contributed by atoms with Crippen molar-refractivity contribution < 1.29 is 0 Å². The lowest BCUT2D eigenvalue weighted by molar-refractivity contribution is 0.708. The molecule has 1 aromatic heterocycles. The fraction of sp³-hybridized carbons (Fsp3) is 0.222. The van der Waals surface area contributed by atoms with Gasteiger partial charge < -0.3 is 5.32 Å². The monoisotopic (exact) mass is 359 g/mol. The van der Waals surface area contributed by atoms with Gasteiger partial charge in [0, 0.05) is 25.1 Å². The average molecular weight is 360 g/mol. The van der Waals surface area contributed by atoms with Crippen LogP contribution in [0.25, 0.3) is 10.8 Å². The van der Waals surface area contributed by atoms with Gasteiger partial charge in [0.2, 0.25) is 0 Å². The van der Waals surface area contributed by atoms with E-state index in [-0.39, 0.29) is 10.6 Å². The second-order valence-corrected chi connectivity index (χ2v) is 6.90. The maximum atomic E-state index is 11.7. The number of hydrogen-bond acceptors (Lipinski definition) is 4. The van der Waals surface area contributed by atoms with Crippen molar-refractivity contribution in [3.63, 3.8) is 0 Å². The number of hydrogen-bond donors (Lipinski definition) is 1. The molecule has 6 heteroatoms. The Balaban J connectivity index is 1.54. The molecule has 0 amide bonds. The Hall–Kier alpha value is -1.98.